The zero-order chi connectivity index (χ0) is 14.4. The molecule has 2 heterocycles. The van der Waals surface area contributed by atoms with Crippen LogP contribution in [0.5, 0.6) is 0 Å². The first-order chi connectivity index (χ1) is 9.59. The molecular weight excluding hydrogens is 250 g/mol. The smallest absolute Gasteiger partial charge is 0.0710 e. The molecule has 2 aliphatic rings. The lowest BCUT2D eigenvalue weighted by Crippen LogP contribution is -2.36. The lowest BCUT2D eigenvalue weighted by molar-refractivity contribution is -0.0282. The second-order valence-corrected chi connectivity index (χ2v) is 7.03. The monoisotopic (exact) mass is 283 g/mol. The van der Waals surface area contributed by atoms with E-state index in [0.717, 1.165) is 19.5 Å². The second kappa shape index (κ2) is 7.74. The zero-order valence-corrected chi connectivity index (χ0v) is 13.4. The van der Waals surface area contributed by atoms with Crippen molar-refractivity contribution in [2.75, 3.05) is 45.8 Å². The van der Waals surface area contributed by atoms with Gasteiger partial charge in [0.2, 0.25) is 0 Å². The van der Waals surface area contributed by atoms with Crippen LogP contribution in [-0.2, 0) is 4.74 Å². The van der Waals surface area contributed by atoms with Gasteiger partial charge in [-0.3, -0.25) is 4.90 Å². The van der Waals surface area contributed by atoms with Crippen LogP contribution in [0.4, 0.5) is 0 Å². The predicted octanol–water partition coefficient (Wildman–Crippen LogP) is 1.69. The van der Waals surface area contributed by atoms with Crippen LogP contribution in [0.2, 0.25) is 0 Å². The van der Waals surface area contributed by atoms with Gasteiger partial charge >= 0.3 is 0 Å². The van der Waals surface area contributed by atoms with E-state index in [9.17, 15) is 0 Å². The maximum Gasteiger partial charge on any atom is 0.0710 e. The largest absolute Gasteiger partial charge is 0.371 e. The Hall–Kier alpha value is -0.160. The first kappa shape index (κ1) is 16.2. The zero-order valence-electron chi connectivity index (χ0n) is 13.4. The third-order valence-electron chi connectivity index (χ3n) is 4.63. The fraction of sp³-hybridized carbons (Fsp3) is 1.00. The van der Waals surface area contributed by atoms with E-state index < -0.39 is 0 Å². The molecule has 0 aromatic heterocycles. The quantitative estimate of drug-likeness (QED) is 0.753. The first-order valence-electron chi connectivity index (χ1n) is 8.42. The summed E-state index contributed by atoms with van der Waals surface area (Å²) in [6.07, 6.45) is 6.58. The summed E-state index contributed by atoms with van der Waals surface area (Å²) in [6.45, 7) is 12.5. The molecule has 0 bridgehead atoms. The van der Waals surface area contributed by atoms with Crippen LogP contribution in [0.15, 0.2) is 0 Å². The maximum absolute atomic E-state index is 6.13. The SMILES string of the molecule is CC1(C)CCC(CN2CCCN(CCCCN)CC2)O1. The minimum absolute atomic E-state index is 0.102. The van der Waals surface area contributed by atoms with E-state index in [-0.39, 0.29) is 5.60 Å². The van der Waals surface area contributed by atoms with Crippen molar-refractivity contribution in [3.63, 3.8) is 0 Å². The molecule has 0 amide bonds. The van der Waals surface area contributed by atoms with Gasteiger partial charge in [-0.05, 0) is 72.1 Å². The van der Waals surface area contributed by atoms with Crippen LogP contribution in [0, 0.1) is 0 Å². The molecule has 2 rings (SSSR count). The highest BCUT2D eigenvalue weighted by molar-refractivity contribution is 4.83. The Morgan fingerprint density at radius 1 is 1.10 bits per heavy atom. The van der Waals surface area contributed by atoms with Crippen LogP contribution >= 0.6 is 0 Å². The number of nitrogens with two attached hydrogens (primary N) is 1. The predicted molar refractivity (Wildman–Crippen MR) is 84.0 cm³/mol. The molecule has 1 unspecified atom stereocenters. The molecule has 2 fully saturated rings. The highest BCUT2D eigenvalue weighted by Gasteiger charge is 2.32. The molecular formula is C16H33N3O. The topological polar surface area (TPSA) is 41.7 Å². The van der Waals surface area contributed by atoms with Crippen molar-refractivity contribution in [2.45, 2.75) is 57.7 Å². The van der Waals surface area contributed by atoms with Crippen molar-refractivity contribution in [1.29, 1.82) is 0 Å². The average molecular weight is 283 g/mol. The van der Waals surface area contributed by atoms with Gasteiger partial charge in [0.25, 0.3) is 0 Å². The van der Waals surface area contributed by atoms with E-state index >= 15 is 0 Å². The van der Waals surface area contributed by atoms with Crippen molar-refractivity contribution < 1.29 is 4.74 Å². The molecule has 4 nitrogen and oxygen atoms in total. The molecule has 2 aliphatic heterocycles. The van der Waals surface area contributed by atoms with Crippen LogP contribution < -0.4 is 5.73 Å². The number of hydrogen-bond acceptors (Lipinski definition) is 4. The summed E-state index contributed by atoms with van der Waals surface area (Å²) in [5.41, 5.74) is 5.67. The van der Waals surface area contributed by atoms with Crippen molar-refractivity contribution >= 4 is 0 Å². The summed E-state index contributed by atoms with van der Waals surface area (Å²) in [6, 6.07) is 0. The van der Waals surface area contributed by atoms with E-state index in [2.05, 4.69) is 23.6 Å². The number of rotatable bonds is 6. The molecule has 2 N–H and O–H groups in total. The normalized spacial score (nSPS) is 28.6. The molecule has 1 atom stereocenters. The van der Waals surface area contributed by atoms with Crippen molar-refractivity contribution in [3.8, 4) is 0 Å². The first-order valence-corrected chi connectivity index (χ1v) is 8.42. The molecule has 0 radical (unpaired) electrons. The Labute approximate surface area is 124 Å². The van der Waals surface area contributed by atoms with Gasteiger partial charge < -0.3 is 15.4 Å². The third kappa shape index (κ3) is 5.32. The molecule has 118 valence electrons. The summed E-state index contributed by atoms with van der Waals surface area (Å²) >= 11 is 0. The molecule has 0 aromatic rings. The number of hydrogen-bond donors (Lipinski definition) is 1. The lowest BCUT2D eigenvalue weighted by atomic mass is 10.1. The Morgan fingerprint density at radius 3 is 2.55 bits per heavy atom. The van der Waals surface area contributed by atoms with E-state index in [1.54, 1.807) is 0 Å². The molecule has 0 aromatic carbocycles. The van der Waals surface area contributed by atoms with Gasteiger partial charge in [-0.2, -0.15) is 0 Å². The summed E-state index contributed by atoms with van der Waals surface area (Å²) in [4.78, 5) is 5.21. The number of nitrogens with zero attached hydrogens (tertiary/aromatic N) is 2. The minimum Gasteiger partial charge on any atom is -0.371 e. The maximum atomic E-state index is 6.13. The number of unbranched alkanes of at least 4 members (excludes halogenated alkanes) is 1. The molecule has 0 aliphatic carbocycles. The summed E-state index contributed by atoms with van der Waals surface area (Å²) in [5, 5.41) is 0. The fourth-order valence-electron chi connectivity index (χ4n) is 3.40. The molecule has 2 saturated heterocycles. The van der Waals surface area contributed by atoms with Crippen molar-refractivity contribution in [2.24, 2.45) is 5.73 Å². The third-order valence-corrected chi connectivity index (χ3v) is 4.63. The Kier molecular flexibility index (Phi) is 6.27. The summed E-state index contributed by atoms with van der Waals surface area (Å²) in [7, 11) is 0. The lowest BCUT2D eigenvalue weighted by Gasteiger charge is -2.26. The van der Waals surface area contributed by atoms with Crippen molar-refractivity contribution in [3.05, 3.63) is 0 Å². The van der Waals surface area contributed by atoms with Gasteiger partial charge in [-0.1, -0.05) is 0 Å². The van der Waals surface area contributed by atoms with Crippen molar-refractivity contribution in [1.82, 2.24) is 9.80 Å². The van der Waals surface area contributed by atoms with Gasteiger partial charge in [0.15, 0.2) is 0 Å². The second-order valence-electron chi connectivity index (χ2n) is 7.03. The van der Waals surface area contributed by atoms with E-state index in [1.807, 2.05) is 0 Å². The van der Waals surface area contributed by atoms with Crippen LogP contribution in [0.25, 0.3) is 0 Å². The average Bonchev–Trinajstić information content (AvgIpc) is 2.61. The van der Waals surface area contributed by atoms with Gasteiger partial charge in [0.05, 0.1) is 11.7 Å². The molecule has 20 heavy (non-hydrogen) atoms. The van der Waals surface area contributed by atoms with Crippen LogP contribution in [-0.4, -0.2) is 67.3 Å². The summed E-state index contributed by atoms with van der Waals surface area (Å²) < 4.78 is 6.13. The highest BCUT2D eigenvalue weighted by Crippen LogP contribution is 2.29. The van der Waals surface area contributed by atoms with Gasteiger partial charge in [-0.15, -0.1) is 0 Å². The van der Waals surface area contributed by atoms with E-state index in [4.69, 9.17) is 10.5 Å². The fourth-order valence-corrected chi connectivity index (χ4v) is 3.40. The van der Waals surface area contributed by atoms with Crippen LogP contribution in [0.1, 0.15) is 46.0 Å². The van der Waals surface area contributed by atoms with E-state index in [1.165, 1.54) is 58.4 Å². The summed E-state index contributed by atoms with van der Waals surface area (Å²) in [5.74, 6) is 0. The van der Waals surface area contributed by atoms with Gasteiger partial charge in [0, 0.05) is 19.6 Å². The molecule has 4 heteroatoms. The standard InChI is InChI=1S/C16H33N3O/c1-16(2)7-6-15(20-16)14-19-11-5-10-18(12-13-19)9-4-3-8-17/h15H,3-14,17H2,1-2H3. The van der Waals surface area contributed by atoms with E-state index in [0.29, 0.717) is 6.10 Å². The molecule has 0 spiro atoms. The van der Waals surface area contributed by atoms with Crippen LogP contribution in [0.3, 0.4) is 0 Å². The number of ether oxygens (including phenoxy) is 1. The molecule has 0 saturated carbocycles. The van der Waals surface area contributed by atoms with Gasteiger partial charge in [0.1, 0.15) is 0 Å². The Morgan fingerprint density at radius 2 is 1.85 bits per heavy atom. The highest BCUT2D eigenvalue weighted by atomic mass is 16.5. The minimum atomic E-state index is 0.102. The Balaban J connectivity index is 1.67. The Bertz CT molecular complexity index is 283. The van der Waals surface area contributed by atoms with Gasteiger partial charge in [-0.25, -0.2) is 0 Å².